The lowest BCUT2D eigenvalue weighted by Gasteiger charge is -2.25. The van der Waals surface area contributed by atoms with Gasteiger partial charge in [-0.15, -0.1) is 5.10 Å². The van der Waals surface area contributed by atoms with Crippen LogP contribution in [0.3, 0.4) is 0 Å². The lowest BCUT2D eigenvalue weighted by Crippen LogP contribution is -3.11. The first-order valence-corrected chi connectivity index (χ1v) is 9.14. The van der Waals surface area contributed by atoms with Crippen LogP contribution >= 0.6 is 12.2 Å². The molecule has 0 saturated heterocycles. The van der Waals surface area contributed by atoms with Gasteiger partial charge in [-0.3, -0.25) is 0 Å². The third-order valence-corrected chi connectivity index (χ3v) is 5.59. The predicted molar refractivity (Wildman–Crippen MR) is 102 cm³/mol. The molecule has 25 heavy (non-hydrogen) atoms. The molecule has 4 nitrogen and oxygen atoms in total. The molecule has 1 aliphatic rings. The highest BCUT2D eigenvalue weighted by Gasteiger charge is 2.21. The van der Waals surface area contributed by atoms with Crippen LogP contribution in [-0.2, 0) is 26.7 Å². The molecule has 0 saturated carbocycles. The summed E-state index contributed by atoms with van der Waals surface area (Å²) in [6.07, 6.45) is 1.12. The molecule has 0 bridgehead atoms. The largest absolute Gasteiger partial charge is 0.312 e. The Labute approximate surface area is 153 Å². The van der Waals surface area contributed by atoms with Gasteiger partial charge in [0.2, 0.25) is 4.77 Å². The number of hydrogen-bond acceptors (Lipinski definition) is 2. The normalized spacial score (nSPS) is 16.6. The fourth-order valence-electron chi connectivity index (χ4n) is 3.64. The molecule has 1 aliphatic heterocycles. The first-order valence-electron chi connectivity index (χ1n) is 8.73. The monoisotopic (exact) mass is 351 g/mol. The maximum absolute atomic E-state index is 5.65. The summed E-state index contributed by atoms with van der Waals surface area (Å²) in [4.78, 5) is 1.50. The standard InChI is InChI=1S/C20H22N4S/c1-15-7-3-6-10-18(15)19-21-24(20(25)22(19)2)14-23-12-11-16-8-4-5-9-17(16)13-23/h3-10H,11-14H2,1-2H3/p+1. The van der Waals surface area contributed by atoms with E-state index in [2.05, 4.69) is 55.5 Å². The number of benzene rings is 2. The van der Waals surface area contributed by atoms with Gasteiger partial charge in [-0.25, -0.2) is 0 Å². The summed E-state index contributed by atoms with van der Waals surface area (Å²) in [7, 11) is 2.01. The van der Waals surface area contributed by atoms with Gasteiger partial charge in [-0.2, -0.15) is 4.68 Å². The van der Waals surface area contributed by atoms with E-state index in [4.69, 9.17) is 17.3 Å². The maximum atomic E-state index is 5.65. The molecular formula is C20H23N4S+. The molecule has 0 radical (unpaired) electrons. The molecule has 2 heterocycles. The second-order valence-electron chi connectivity index (χ2n) is 6.83. The summed E-state index contributed by atoms with van der Waals surface area (Å²) in [5, 5.41) is 4.85. The fourth-order valence-corrected chi connectivity index (χ4v) is 3.83. The lowest BCUT2D eigenvalue weighted by molar-refractivity contribution is -0.939. The number of rotatable bonds is 3. The van der Waals surface area contributed by atoms with Crippen LogP contribution in [0.1, 0.15) is 16.7 Å². The summed E-state index contributed by atoms with van der Waals surface area (Å²) < 4.78 is 4.79. The highest BCUT2D eigenvalue weighted by atomic mass is 32.1. The molecule has 0 fully saturated rings. The van der Waals surface area contributed by atoms with Crippen molar-refractivity contribution in [1.29, 1.82) is 0 Å². The molecular weight excluding hydrogens is 328 g/mol. The van der Waals surface area contributed by atoms with Gasteiger partial charge in [0.15, 0.2) is 12.5 Å². The number of nitrogens with one attached hydrogen (secondary N) is 1. The van der Waals surface area contributed by atoms with E-state index in [1.54, 1.807) is 0 Å². The van der Waals surface area contributed by atoms with Crippen LogP contribution in [0.2, 0.25) is 0 Å². The van der Waals surface area contributed by atoms with Crippen molar-refractivity contribution in [2.75, 3.05) is 6.54 Å². The van der Waals surface area contributed by atoms with Gasteiger partial charge in [0, 0.05) is 24.6 Å². The Bertz CT molecular complexity index is 970. The summed E-state index contributed by atoms with van der Waals surface area (Å²) in [5.41, 5.74) is 5.30. The van der Waals surface area contributed by atoms with E-state index in [-0.39, 0.29) is 0 Å². The molecule has 128 valence electrons. The Hall–Kier alpha value is -2.24. The molecule has 5 heteroatoms. The average molecular weight is 351 g/mol. The molecule has 1 aromatic heterocycles. The zero-order valence-corrected chi connectivity index (χ0v) is 15.5. The number of hydrogen-bond donors (Lipinski definition) is 1. The van der Waals surface area contributed by atoms with Gasteiger partial charge in [0.05, 0.1) is 6.54 Å². The van der Waals surface area contributed by atoms with E-state index in [9.17, 15) is 0 Å². The summed E-state index contributed by atoms with van der Waals surface area (Å²) in [5.74, 6) is 0.944. The number of fused-ring (bicyclic) bond motifs is 1. The van der Waals surface area contributed by atoms with Crippen LogP contribution in [0.4, 0.5) is 0 Å². The number of aryl methyl sites for hydroxylation is 1. The van der Waals surface area contributed by atoms with Gasteiger partial charge in [-0.05, 0) is 30.3 Å². The quantitative estimate of drug-likeness (QED) is 0.734. The summed E-state index contributed by atoms with van der Waals surface area (Å²) >= 11 is 5.65. The summed E-state index contributed by atoms with van der Waals surface area (Å²) in [6.45, 7) is 5.08. The van der Waals surface area contributed by atoms with E-state index in [0.717, 1.165) is 42.3 Å². The summed E-state index contributed by atoms with van der Waals surface area (Å²) in [6, 6.07) is 17.1. The second-order valence-corrected chi connectivity index (χ2v) is 7.20. The highest BCUT2D eigenvalue weighted by Crippen LogP contribution is 2.21. The Morgan fingerprint density at radius 1 is 1.08 bits per heavy atom. The molecule has 3 aromatic rings. The van der Waals surface area contributed by atoms with Crippen molar-refractivity contribution in [3.8, 4) is 11.4 Å². The SMILES string of the molecule is Cc1ccccc1-c1nn(C[NH+]2CCc3ccccc3C2)c(=S)n1C. The van der Waals surface area contributed by atoms with E-state index in [0.29, 0.717) is 0 Å². The Balaban J connectivity index is 1.62. The van der Waals surface area contributed by atoms with Crippen molar-refractivity contribution in [2.24, 2.45) is 7.05 Å². The third-order valence-electron chi connectivity index (χ3n) is 5.11. The Morgan fingerprint density at radius 2 is 1.80 bits per heavy atom. The zero-order chi connectivity index (χ0) is 17.4. The van der Waals surface area contributed by atoms with Crippen LogP contribution in [-0.4, -0.2) is 20.9 Å². The Kier molecular flexibility index (Phi) is 4.27. The third kappa shape index (κ3) is 3.05. The minimum absolute atomic E-state index is 0.782. The molecule has 1 atom stereocenters. The van der Waals surface area contributed by atoms with Crippen LogP contribution in [0, 0.1) is 11.7 Å². The number of aromatic nitrogens is 3. The molecule has 2 aromatic carbocycles. The maximum Gasteiger partial charge on any atom is 0.202 e. The molecule has 0 spiro atoms. The van der Waals surface area contributed by atoms with Gasteiger partial charge < -0.3 is 9.47 Å². The van der Waals surface area contributed by atoms with Crippen LogP contribution in [0.5, 0.6) is 0 Å². The van der Waals surface area contributed by atoms with Crippen molar-refractivity contribution in [2.45, 2.75) is 26.6 Å². The topological polar surface area (TPSA) is 27.2 Å². The molecule has 1 N–H and O–H groups in total. The number of quaternary nitrogens is 1. The second kappa shape index (κ2) is 6.58. The van der Waals surface area contributed by atoms with E-state index in [1.807, 2.05) is 16.3 Å². The Morgan fingerprint density at radius 3 is 2.60 bits per heavy atom. The van der Waals surface area contributed by atoms with Gasteiger partial charge in [0.1, 0.15) is 6.54 Å². The van der Waals surface area contributed by atoms with Crippen molar-refractivity contribution >= 4 is 12.2 Å². The first kappa shape index (κ1) is 16.2. The average Bonchev–Trinajstić information content (AvgIpc) is 2.90. The van der Waals surface area contributed by atoms with Crippen molar-refractivity contribution in [1.82, 2.24) is 14.3 Å². The first-order chi connectivity index (χ1) is 12.1. The van der Waals surface area contributed by atoms with E-state index >= 15 is 0 Å². The van der Waals surface area contributed by atoms with Crippen molar-refractivity contribution in [3.63, 3.8) is 0 Å². The van der Waals surface area contributed by atoms with E-state index < -0.39 is 0 Å². The van der Waals surface area contributed by atoms with Crippen LogP contribution in [0.25, 0.3) is 11.4 Å². The lowest BCUT2D eigenvalue weighted by atomic mass is 10.0. The molecule has 1 unspecified atom stereocenters. The van der Waals surface area contributed by atoms with Crippen molar-refractivity contribution < 1.29 is 4.90 Å². The van der Waals surface area contributed by atoms with Gasteiger partial charge in [0.25, 0.3) is 0 Å². The zero-order valence-electron chi connectivity index (χ0n) is 14.7. The predicted octanol–water partition coefficient (Wildman–Crippen LogP) is 2.53. The van der Waals surface area contributed by atoms with Crippen LogP contribution in [0.15, 0.2) is 48.5 Å². The van der Waals surface area contributed by atoms with Crippen molar-refractivity contribution in [3.05, 3.63) is 70.0 Å². The van der Waals surface area contributed by atoms with Gasteiger partial charge in [-0.1, -0.05) is 48.5 Å². The smallest absolute Gasteiger partial charge is 0.202 e. The molecule has 4 rings (SSSR count). The highest BCUT2D eigenvalue weighted by molar-refractivity contribution is 7.71. The number of nitrogens with zero attached hydrogens (tertiary/aromatic N) is 3. The fraction of sp³-hybridized carbons (Fsp3) is 0.300. The molecule has 0 aliphatic carbocycles. The minimum atomic E-state index is 0.782. The molecule has 0 amide bonds. The van der Waals surface area contributed by atoms with Crippen LogP contribution < -0.4 is 4.90 Å². The minimum Gasteiger partial charge on any atom is -0.312 e. The van der Waals surface area contributed by atoms with E-state index in [1.165, 1.54) is 21.6 Å². The van der Waals surface area contributed by atoms with Gasteiger partial charge >= 0.3 is 0 Å².